The second-order valence-electron chi connectivity index (χ2n) is 7.25. The summed E-state index contributed by atoms with van der Waals surface area (Å²) in [5.41, 5.74) is 1.43. The number of rotatable bonds is 6. The summed E-state index contributed by atoms with van der Waals surface area (Å²) in [6, 6.07) is 14.2. The number of alkyl halides is 3. The minimum absolute atomic E-state index is 0.0591. The largest absolute Gasteiger partial charge is 0.416 e. The van der Waals surface area contributed by atoms with Crippen LogP contribution in [0.5, 0.6) is 0 Å². The molecule has 0 saturated carbocycles. The number of nitrogens with zero attached hydrogens (tertiary/aromatic N) is 5. The van der Waals surface area contributed by atoms with Crippen LogP contribution >= 0.6 is 0 Å². The van der Waals surface area contributed by atoms with Gasteiger partial charge in [-0.3, -0.25) is 4.79 Å². The maximum atomic E-state index is 12.9. The maximum absolute atomic E-state index is 12.9. The van der Waals surface area contributed by atoms with E-state index in [9.17, 15) is 18.0 Å². The molecule has 0 aliphatic rings. The monoisotopic (exact) mass is 440 g/mol. The van der Waals surface area contributed by atoms with Crippen molar-refractivity contribution in [2.75, 3.05) is 0 Å². The zero-order valence-electron chi connectivity index (χ0n) is 17.0. The topological polar surface area (TPSA) is 77.6 Å². The number of amides is 1. The molecule has 4 aromatic rings. The molecule has 0 bridgehead atoms. The van der Waals surface area contributed by atoms with Gasteiger partial charge in [-0.15, -0.1) is 5.10 Å². The van der Waals surface area contributed by atoms with Crippen molar-refractivity contribution in [3.05, 3.63) is 95.6 Å². The van der Waals surface area contributed by atoms with Gasteiger partial charge in [0.1, 0.15) is 0 Å². The fraction of sp³-hybridized carbons (Fsp3) is 0.182. The molecule has 1 N–H and O–H groups in total. The molecule has 2 aromatic heterocycles. The Balaban J connectivity index is 1.40. The van der Waals surface area contributed by atoms with E-state index < -0.39 is 17.6 Å². The van der Waals surface area contributed by atoms with E-state index in [4.69, 9.17) is 0 Å². The van der Waals surface area contributed by atoms with Gasteiger partial charge in [-0.1, -0.05) is 35.5 Å². The lowest BCUT2D eigenvalue weighted by atomic mass is 10.1. The SMILES string of the molecule is CC(NC(=O)c1cn(Cc2cccc(C(F)(F)F)c2)nn1)c1cnn(-c2ccccc2)c1. The molecule has 1 unspecified atom stereocenters. The number of nitrogens with one attached hydrogen (secondary N) is 1. The van der Waals surface area contributed by atoms with Crippen LogP contribution in [-0.2, 0) is 12.7 Å². The molecule has 7 nitrogen and oxygen atoms in total. The number of halogens is 3. The van der Waals surface area contributed by atoms with Gasteiger partial charge in [0, 0.05) is 11.8 Å². The summed E-state index contributed by atoms with van der Waals surface area (Å²) >= 11 is 0. The van der Waals surface area contributed by atoms with Crippen molar-refractivity contribution in [2.45, 2.75) is 25.7 Å². The fourth-order valence-corrected chi connectivity index (χ4v) is 3.15. The fourth-order valence-electron chi connectivity index (χ4n) is 3.15. The maximum Gasteiger partial charge on any atom is 0.416 e. The first-order valence-corrected chi connectivity index (χ1v) is 9.77. The molecule has 0 radical (unpaired) electrons. The molecule has 1 atom stereocenters. The Labute approximate surface area is 181 Å². The van der Waals surface area contributed by atoms with Crippen LogP contribution in [0.1, 0.15) is 40.1 Å². The van der Waals surface area contributed by atoms with Crippen LogP contribution in [0.25, 0.3) is 5.69 Å². The van der Waals surface area contributed by atoms with Crippen molar-refractivity contribution in [2.24, 2.45) is 0 Å². The number of para-hydroxylation sites is 1. The van der Waals surface area contributed by atoms with Gasteiger partial charge >= 0.3 is 6.18 Å². The third-order valence-corrected chi connectivity index (χ3v) is 4.84. The van der Waals surface area contributed by atoms with Gasteiger partial charge in [-0.05, 0) is 36.8 Å². The van der Waals surface area contributed by atoms with Gasteiger partial charge < -0.3 is 5.32 Å². The van der Waals surface area contributed by atoms with E-state index in [2.05, 4.69) is 20.7 Å². The normalized spacial score (nSPS) is 12.5. The summed E-state index contributed by atoms with van der Waals surface area (Å²) in [4.78, 5) is 12.6. The van der Waals surface area contributed by atoms with E-state index >= 15 is 0 Å². The third-order valence-electron chi connectivity index (χ3n) is 4.84. The Kier molecular flexibility index (Phi) is 5.76. The van der Waals surface area contributed by atoms with E-state index in [-0.39, 0.29) is 18.3 Å². The van der Waals surface area contributed by atoms with Crippen LogP contribution in [0.15, 0.2) is 73.2 Å². The zero-order chi connectivity index (χ0) is 22.7. The lowest BCUT2D eigenvalue weighted by Gasteiger charge is -2.10. The molecule has 164 valence electrons. The minimum atomic E-state index is -4.42. The standard InChI is InChI=1S/C22H19F3N6O/c1-15(17-11-26-31(13-17)19-8-3-2-4-9-19)27-21(32)20-14-30(29-28-20)12-16-6-5-7-18(10-16)22(23,24)25/h2-11,13-15H,12H2,1H3,(H,27,32). The quantitative estimate of drug-likeness (QED) is 0.491. The van der Waals surface area contributed by atoms with E-state index in [0.29, 0.717) is 5.56 Å². The Bertz CT molecular complexity index is 1220. The smallest absolute Gasteiger partial charge is 0.344 e. The molecule has 2 heterocycles. The number of hydrogen-bond donors (Lipinski definition) is 1. The highest BCUT2D eigenvalue weighted by Gasteiger charge is 2.30. The molecule has 32 heavy (non-hydrogen) atoms. The first kappa shape index (κ1) is 21.3. The van der Waals surface area contributed by atoms with Crippen molar-refractivity contribution in [1.29, 1.82) is 0 Å². The van der Waals surface area contributed by atoms with Crippen molar-refractivity contribution >= 4 is 5.91 Å². The van der Waals surface area contributed by atoms with E-state index in [1.807, 2.05) is 43.5 Å². The van der Waals surface area contributed by atoms with Gasteiger partial charge in [0.25, 0.3) is 5.91 Å². The first-order chi connectivity index (χ1) is 15.3. The van der Waals surface area contributed by atoms with Gasteiger partial charge in [-0.2, -0.15) is 18.3 Å². The van der Waals surface area contributed by atoms with Gasteiger partial charge in [0.2, 0.25) is 0 Å². The Morgan fingerprint density at radius 1 is 1.09 bits per heavy atom. The van der Waals surface area contributed by atoms with Crippen LogP contribution in [0.4, 0.5) is 13.2 Å². The third kappa shape index (κ3) is 4.85. The molecule has 0 spiro atoms. The summed E-state index contributed by atoms with van der Waals surface area (Å²) in [5, 5.41) is 14.8. The van der Waals surface area contributed by atoms with Crippen LogP contribution < -0.4 is 5.32 Å². The molecule has 0 saturated heterocycles. The second-order valence-corrected chi connectivity index (χ2v) is 7.25. The van der Waals surface area contributed by atoms with Gasteiger partial charge in [0.05, 0.1) is 36.2 Å². The highest BCUT2D eigenvalue weighted by Crippen LogP contribution is 2.29. The lowest BCUT2D eigenvalue weighted by Crippen LogP contribution is -2.26. The molecule has 2 aromatic carbocycles. The number of carbonyl (C=O) groups excluding carboxylic acids is 1. The number of aromatic nitrogens is 5. The predicted molar refractivity (Wildman–Crippen MR) is 110 cm³/mol. The highest BCUT2D eigenvalue weighted by molar-refractivity contribution is 5.92. The minimum Gasteiger partial charge on any atom is -0.344 e. The summed E-state index contributed by atoms with van der Waals surface area (Å²) in [6.07, 6.45) is 0.469. The van der Waals surface area contributed by atoms with Crippen LogP contribution in [0, 0.1) is 0 Å². The van der Waals surface area contributed by atoms with E-state index in [1.54, 1.807) is 16.9 Å². The second kappa shape index (κ2) is 8.66. The summed E-state index contributed by atoms with van der Waals surface area (Å²) < 4.78 is 41.7. The number of carbonyl (C=O) groups is 1. The molecule has 1 amide bonds. The van der Waals surface area contributed by atoms with E-state index in [0.717, 1.165) is 23.4 Å². The zero-order valence-corrected chi connectivity index (χ0v) is 17.0. The summed E-state index contributed by atoms with van der Waals surface area (Å²) in [5.74, 6) is -0.444. The van der Waals surface area contributed by atoms with Crippen LogP contribution in [0.2, 0.25) is 0 Å². The molecular weight excluding hydrogens is 421 g/mol. The molecule has 10 heteroatoms. The Morgan fingerprint density at radius 2 is 1.88 bits per heavy atom. The molecule has 0 aliphatic carbocycles. The van der Waals surface area contributed by atoms with Crippen molar-refractivity contribution in [3.63, 3.8) is 0 Å². The Morgan fingerprint density at radius 3 is 2.62 bits per heavy atom. The van der Waals surface area contributed by atoms with Crippen LogP contribution in [0.3, 0.4) is 0 Å². The lowest BCUT2D eigenvalue weighted by molar-refractivity contribution is -0.137. The first-order valence-electron chi connectivity index (χ1n) is 9.77. The molecule has 0 fully saturated rings. The van der Waals surface area contributed by atoms with Crippen molar-refractivity contribution in [1.82, 2.24) is 30.1 Å². The van der Waals surface area contributed by atoms with Crippen molar-refractivity contribution in [3.8, 4) is 5.69 Å². The predicted octanol–water partition coefficient (Wildman–Crippen LogP) is 4.02. The molecule has 4 rings (SSSR count). The van der Waals surface area contributed by atoms with E-state index in [1.165, 1.54) is 16.9 Å². The summed E-state index contributed by atoms with van der Waals surface area (Å²) in [6.45, 7) is 1.88. The van der Waals surface area contributed by atoms with Crippen molar-refractivity contribution < 1.29 is 18.0 Å². The molecule has 0 aliphatic heterocycles. The molecular formula is C22H19F3N6O. The average molecular weight is 440 g/mol. The number of hydrogen-bond acceptors (Lipinski definition) is 4. The number of benzene rings is 2. The average Bonchev–Trinajstić information content (AvgIpc) is 3.44. The van der Waals surface area contributed by atoms with Gasteiger partial charge in [-0.25, -0.2) is 9.36 Å². The van der Waals surface area contributed by atoms with Gasteiger partial charge in [0.15, 0.2) is 5.69 Å². The van der Waals surface area contributed by atoms with Crippen LogP contribution in [-0.4, -0.2) is 30.7 Å². The highest BCUT2D eigenvalue weighted by atomic mass is 19.4. The Hall–Kier alpha value is -3.95. The summed E-state index contributed by atoms with van der Waals surface area (Å²) in [7, 11) is 0.